The van der Waals surface area contributed by atoms with Crippen molar-refractivity contribution in [1.29, 1.82) is 0 Å². The monoisotopic (exact) mass is 669 g/mol. The zero-order valence-corrected chi connectivity index (χ0v) is 36.0. The third-order valence-electron chi connectivity index (χ3n) is 8.39. The Labute approximate surface area is 277 Å². The van der Waals surface area contributed by atoms with Crippen LogP contribution in [0.15, 0.2) is 53.0 Å². The summed E-state index contributed by atoms with van der Waals surface area (Å²) < 4.78 is 6.08. The van der Waals surface area contributed by atoms with Gasteiger partial charge in [0, 0.05) is 33.8 Å². The molecule has 0 spiro atoms. The van der Waals surface area contributed by atoms with Crippen LogP contribution in [-0.2, 0) is 21.7 Å². The molecule has 0 radical (unpaired) electrons. The number of hydrogen-bond donors (Lipinski definition) is 0. The molecule has 1 nitrogen and oxygen atoms in total. The summed E-state index contributed by atoms with van der Waals surface area (Å²) in [7, 11) is -4.33. The summed E-state index contributed by atoms with van der Waals surface area (Å²) >= 11 is 0. The van der Waals surface area contributed by atoms with Gasteiger partial charge in [-0.2, -0.15) is 0 Å². The van der Waals surface area contributed by atoms with Crippen LogP contribution in [0.25, 0.3) is 0 Å². The Hall–Kier alpha value is 0.555. The molecule has 0 fully saturated rings. The fraction of sp³-hybridized carbons (Fsp3) is 0.771. The molecule has 0 aromatic heterocycles. The van der Waals surface area contributed by atoms with Gasteiger partial charge in [-0.25, -0.2) is 0 Å². The van der Waals surface area contributed by atoms with Gasteiger partial charge in [0.15, 0.2) is 0 Å². The van der Waals surface area contributed by atoms with Crippen LogP contribution in [0.1, 0.15) is 107 Å². The first-order chi connectivity index (χ1) is 18.2. The molecular weight excluding hydrogens is 597 g/mol. The standard InChI is InChI=1S/C23H50NPSi3.C12H22.Ti/c1-10-13-20-26(4,5)25(24-23-18-16-17-19-23,27(6,7)21-14-11-2)28(8,9)22-15-12-3;1-11(2,3)9-7-8-10-12(4,5)6;/h16-18H,10-15,19-22H2,1-9H3;7-10H,1-6H3;. The van der Waals surface area contributed by atoms with Crippen LogP contribution in [0, 0.1) is 10.8 Å². The molecule has 0 saturated heterocycles. The second kappa shape index (κ2) is 19.2. The maximum Gasteiger partial charge on any atom is 0.0873 e. The molecule has 1 rings (SSSR count). The van der Waals surface area contributed by atoms with Crippen LogP contribution in [0.3, 0.4) is 0 Å². The van der Waals surface area contributed by atoms with Crippen LogP contribution >= 0.6 is 5.70 Å². The van der Waals surface area contributed by atoms with Gasteiger partial charge in [0.25, 0.3) is 0 Å². The Morgan fingerprint density at radius 2 is 1.02 bits per heavy atom. The normalized spacial score (nSPS) is 15.1. The van der Waals surface area contributed by atoms with E-state index >= 15 is 0 Å². The van der Waals surface area contributed by atoms with E-state index in [1.165, 1.54) is 62.4 Å². The maximum atomic E-state index is 6.08. The Kier molecular flexibility index (Phi) is 20.4. The minimum atomic E-state index is -1.44. The molecule has 0 unspecified atom stereocenters. The predicted molar refractivity (Wildman–Crippen MR) is 200 cm³/mol. The zero-order valence-electron chi connectivity index (χ0n) is 30.5. The van der Waals surface area contributed by atoms with Gasteiger partial charge in [0.05, 0.1) is 23.2 Å². The van der Waals surface area contributed by atoms with Gasteiger partial charge in [-0.15, -0.1) is 0 Å². The van der Waals surface area contributed by atoms with Crippen LogP contribution in [0.2, 0.25) is 57.4 Å². The van der Waals surface area contributed by atoms with Crippen LogP contribution < -0.4 is 0 Å². The summed E-state index contributed by atoms with van der Waals surface area (Å²) in [6, 6.07) is 4.52. The number of unbranched alkanes of at least 4 members (excludes halogenated alkanes) is 3. The fourth-order valence-corrected chi connectivity index (χ4v) is 90.4. The van der Waals surface area contributed by atoms with Crippen LogP contribution in [-0.4, -0.2) is 23.2 Å². The largest absolute Gasteiger partial charge is 0.283 e. The van der Waals surface area contributed by atoms with E-state index in [1.54, 1.807) is 0 Å². The molecule has 6 heteroatoms. The van der Waals surface area contributed by atoms with Crippen LogP contribution in [0.5, 0.6) is 0 Å². The van der Waals surface area contributed by atoms with Gasteiger partial charge in [-0.1, -0.05) is 200 Å². The van der Waals surface area contributed by atoms with Gasteiger partial charge >= 0.3 is 0 Å². The van der Waals surface area contributed by atoms with Gasteiger partial charge < -0.3 is 0 Å². The maximum absolute atomic E-state index is 6.08. The van der Waals surface area contributed by atoms with E-state index in [0.29, 0.717) is 10.8 Å². The molecular formula is C35H72NPSi3Ti. The van der Waals surface area contributed by atoms with E-state index in [1.807, 2.05) is 0 Å². The van der Waals surface area contributed by atoms with Crippen molar-refractivity contribution in [3.05, 3.63) is 48.2 Å². The summed E-state index contributed by atoms with van der Waals surface area (Å²) in [5.41, 5.74) is 0.722. The van der Waals surface area contributed by atoms with Crippen LogP contribution in [0.4, 0.5) is 0 Å². The number of nitrogens with zero attached hydrogens (tertiary/aromatic N) is 1. The van der Waals surface area contributed by atoms with Crippen molar-refractivity contribution in [2.45, 2.75) is 165 Å². The van der Waals surface area contributed by atoms with Gasteiger partial charge in [-0.3, -0.25) is 4.74 Å². The molecule has 41 heavy (non-hydrogen) atoms. The molecule has 0 bridgehead atoms. The van der Waals surface area contributed by atoms with Gasteiger partial charge in [-0.05, 0) is 16.9 Å². The fourth-order valence-electron chi connectivity index (χ4n) is 6.57. The summed E-state index contributed by atoms with van der Waals surface area (Å²) in [6.45, 7) is 37.0. The summed E-state index contributed by atoms with van der Waals surface area (Å²) in [5.74, 6) is 0. The zero-order chi connectivity index (χ0) is 31.3. The summed E-state index contributed by atoms with van der Waals surface area (Å²) in [4.78, 5) is 0. The first kappa shape index (κ1) is 43.7. The first-order valence-corrected chi connectivity index (χ1v) is 30.5. The Morgan fingerprint density at radius 3 is 1.27 bits per heavy atom. The quantitative estimate of drug-likeness (QED) is 0.0991. The van der Waals surface area contributed by atoms with Crippen molar-refractivity contribution >= 4 is 28.9 Å². The van der Waals surface area contributed by atoms with E-state index in [4.69, 9.17) is 4.74 Å². The second-order valence-corrected chi connectivity index (χ2v) is 50.8. The van der Waals surface area contributed by atoms with Gasteiger partial charge in [0.2, 0.25) is 0 Å². The van der Waals surface area contributed by atoms with Gasteiger partial charge in [0.1, 0.15) is 0 Å². The Balaban J connectivity index is 0. The molecule has 0 N–H and O–H groups in total. The second-order valence-electron chi connectivity index (χ2n) is 16.2. The Bertz CT molecular complexity index is 834. The van der Waals surface area contributed by atoms with Crippen molar-refractivity contribution in [3.8, 4) is 0 Å². The molecule has 0 saturated carbocycles. The SMILES string of the molecule is CC(C)(C)C=CC=CC(C)(C)C.CCCC[Si](C)(C)P(=NC1=CC=CC1)([Si](C)(C)CCCC)[Si](C)(C)CCCC.[Ti]. The molecule has 0 aromatic rings. The van der Waals surface area contributed by atoms with E-state index < -0.39 is 28.9 Å². The molecule has 0 aromatic carbocycles. The minimum absolute atomic E-state index is 0. The molecule has 238 valence electrons. The summed E-state index contributed by atoms with van der Waals surface area (Å²) in [6.07, 6.45) is 25.0. The molecule has 0 aliphatic heterocycles. The van der Waals surface area contributed by atoms with Crippen molar-refractivity contribution < 1.29 is 21.7 Å². The number of rotatable bonds is 14. The third-order valence-corrected chi connectivity index (χ3v) is 70.3. The molecule has 0 amide bonds. The predicted octanol–water partition coefficient (Wildman–Crippen LogP) is 14.2. The minimum Gasteiger partial charge on any atom is -0.283 e. The topological polar surface area (TPSA) is 12.4 Å². The van der Waals surface area contributed by atoms with E-state index in [2.05, 4.69) is 144 Å². The van der Waals surface area contributed by atoms with E-state index in [9.17, 15) is 0 Å². The molecule has 0 heterocycles. The van der Waals surface area contributed by atoms with Crippen molar-refractivity contribution in [2.24, 2.45) is 15.6 Å². The molecule has 1 aliphatic carbocycles. The average Bonchev–Trinajstić information content (AvgIpc) is 3.33. The smallest absolute Gasteiger partial charge is 0.0873 e. The first-order valence-electron chi connectivity index (χ1n) is 16.6. The number of hydrogen-bond acceptors (Lipinski definition) is 1. The third kappa shape index (κ3) is 14.9. The summed E-state index contributed by atoms with van der Waals surface area (Å²) in [5, 5.41) is 0. The van der Waals surface area contributed by atoms with Crippen molar-refractivity contribution in [1.82, 2.24) is 0 Å². The number of allylic oxidation sites excluding steroid dienone is 7. The van der Waals surface area contributed by atoms with Crippen molar-refractivity contribution in [2.75, 3.05) is 0 Å². The van der Waals surface area contributed by atoms with E-state index in [-0.39, 0.29) is 21.7 Å². The molecule has 0 atom stereocenters. The molecule has 1 aliphatic rings. The van der Waals surface area contributed by atoms with Crippen molar-refractivity contribution in [3.63, 3.8) is 0 Å². The Morgan fingerprint density at radius 1 is 0.683 bits per heavy atom. The average molecular weight is 670 g/mol. The van der Waals surface area contributed by atoms with E-state index in [0.717, 1.165) is 6.42 Å².